The highest BCUT2D eigenvalue weighted by Gasteiger charge is 2.10. The lowest BCUT2D eigenvalue weighted by molar-refractivity contribution is 0.0686. The summed E-state index contributed by atoms with van der Waals surface area (Å²) in [6.07, 6.45) is 0.553. The molecule has 0 aliphatic rings. The Hall–Kier alpha value is -2.66. The second-order valence-electron chi connectivity index (χ2n) is 4.60. The first kappa shape index (κ1) is 14.7. The molecule has 2 aromatic carbocycles. The van der Waals surface area contributed by atoms with E-state index in [-0.39, 0.29) is 11.1 Å². The molecule has 0 heterocycles. The Morgan fingerprint density at radius 2 is 1.48 bits per heavy atom. The molecule has 0 radical (unpaired) electrons. The first-order chi connectivity index (χ1) is 10.0. The van der Waals surface area contributed by atoms with Crippen LogP contribution in [0.5, 0.6) is 0 Å². The summed E-state index contributed by atoms with van der Waals surface area (Å²) in [5.74, 6) is -1.97. The summed E-state index contributed by atoms with van der Waals surface area (Å²) in [4.78, 5) is 21.9. The van der Waals surface area contributed by atoms with E-state index in [1.54, 1.807) is 24.3 Å². The summed E-state index contributed by atoms with van der Waals surface area (Å²) in [5.41, 5.74) is 8.53. The second kappa shape index (κ2) is 6.19. The summed E-state index contributed by atoms with van der Waals surface area (Å²) >= 11 is 0. The van der Waals surface area contributed by atoms with Gasteiger partial charge in [-0.1, -0.05) is 18.2 Å². The normalized spacial score (nSPS) is 10.3. The minimum Gasteiger partial charge on any atom is -0.478 e. The van der Waals surface area contributed by atoms with Gasteiger partial charge in [0, 0.05) is 0 Å². The first-order valence-corrected chi connectivity index (χ1v) is 6.43. The maximum atomic E-state index is 11.0. The monoisotopic (exact) mass is 285 g/mol. The SMILES string of the molecule is NCCc1cc(C(=O)O)ccc1-c1ccc(C(=O)O)cc1. The van der Waals surface area contributed by atoms with Crippen LogP contribution in [-0.4, -0.2) is 28.7 Å². The standard InChI is InChI=1S/C16H15NO4/c17-8-7-12-9-13(16(20)21)5-6-14(12)10-1-3-11(4-2-10)15(18)19/h1-6,9H,7-8,17H2,(H,18,19)(H,20,21). The quantitative estimate of drug-likeness (QED) is 0.782. The zero-order valence-electron chi connectivity index (χ0n) is 11.2. The molecule has 0 spiro atoms. The molecule has 2 rings (SSSR count). The Morgan fingerprint density at radius 3 is 2.00 bits per heavy atom. The van der Waals surface area contributed by atoms with Gasteiger partial charge < -0.3 is 15.9 Å². The van der Waals surface area contributed by atoms with E-state index in [1.807, 2.05) is 0 Å². The van der Waals surface area contributed by atoms with Crippen molar-refractivity contribution in [3.8, 4) is 11.1 Å². The predicted octanol–water partition coefficient (Wildman–Crippen LogP) is 2.25. The van der Waals surface area contributed by atoms with Crippen LogP contribution >= 0.6 is 0 Å². The number of carboxylic acid groups (broad SMARTS) is 2. The minimum atomic E-state index is -0.985. The lowest BCUT2D eigenvalue weighted by atomic mass is 9.95. The Labute approximate surface area is 121 Å². The Bertz CT molecular complexity index is 677. The van der Waals surface area contributed by atoms with E-state index in [0.717, 1.165) is 16.7 Å². The van der Waals surface area contributed by atoms with Gasteiger partial charge in [-0.15, -0.1) is 0 Å². The third-order valence-electron chi connectivity index (χ3n) is 3.21. The van der Waals surface area contributed by atoms with Crippen LogP contribution in [0.4, 0.5) is 0 Å². The Kier molecular flexibility index (Phi) is 4.35. The van der Waals surface area contributed by atoms with Gasteiger partial charge in [0.2, 0.25) is 0 Å². The van der Waals surface area contributed by atoms with Crippen LogP contribution in [0.1, 0.15) is 26.3 Å². The largest absolute Gasteiger partial charge is 0.478 e. The molecular formula is C16H15NO4. The van der Waals surface area contributed by atoms with Crippen molar-refractivity contribution in [3.05, 3.63) is 59.2 Å². The molecule has 0 aliphatic carbocycles. The predicted molar refractivity (Wildman–Crippen MR) is 78.6 cm³/mol. The average Bonchev–Trinajstić information content (AvgIpc) is 2.47. The van der Waals surface area contributed by atoms with Crippen molar-refractivity contribution in [1.29, 1.82) is 0 Å². The van der Waals surface area contributed by atoms with Gasteiger partial charge in [0.25, 0.3) is 0 Å². The molecule has 0 saturated heterocycles. The molecule has 2 aromatic rings. The molecule has 0 amide bonds. The zero-order valence-corrected chi connectivity index (χ0v) is 11.2. The fourth-order valence-electron chi connectivity index (χ4n) is 2.16. The molecule has 4 N–H and O–H groups in total. The summed E-state index contributed by atoms with van der Waals surface area (Å²) in [7, 11) is 0. The van der Waals surface area contributed by atoms with Gasteiger partial charge in [-0.2, -0.15) is 0 Å². The fourth-order valence-corrected chi connectivity index (χ4v) is 2.16. The first-order valence-electron chi connectivity index (χ1n) is 6.43. The van der Waals surface area contributed by atoms with E-state index >= 15 is 0 Å². The van der Waals surface area contributed by atoms with Gasteiger partial charge in [0.15, 0.2) is 0 Å². The Balaban J connectivity index is 2.46. The van der Waals surface area contributed by atoms with Crippen molar-refractivity contribution >= 4 is 11.9 Å². The highest BCUT2D eigenvalue weighted by atomic mass is 16.4. The molecule has 0 unspecified atom stereocenters. The van der Waals surface area contributed by atoms with E-state index in [0.29, 0.717) is 13.0 Å². The maximum absolute atomic E-state index is 11.0. The van der Waals surface area contributed by atoms with Crippen LogP contribution in [-0.2, 0) is 6.42 Å². The fraction of sp³-hybridized carbons (Fsp3) is 0.125. The molecule has 0 atom stereocenters. The molecule has 0 aliphatic heterocycles. The molecule has 0 saturated carbocycles. The second-order valence-corrected chi connectivity index (χ2v) is 4.60. The topological polar surface area (TPSA) is 101 Å². The maximum Gasteiger partial charge on any atom is 0.335 e. The number of hydrogen-bond acceptors (Lipinski definition) is 3. The molecule has 0 aromatic heterocycles. The van der Waals surface area contributed by atoms with Crippen molar-refractivity contribution in [1.82, 2.24) is 0 Å². The van der Waals surface area contributed by atoms with Gasteiger partial charge in [-0.3, -0.25) is 0 Å². The van der Waals surface area contributed by atoms with Crippen molar-refractivity contribution in [2.24, 2.45) is 5.73 Å². The van der Waals surface area contributed by atoms with Gasteiger partial charge >= 0.3 is 11.9 Å². The number of hydrogen-bond donors (Lipinski definition) is 3. The summed E-state index contributed by atoms with van der Waals surface area (Å²) in [5, 5.41) is 17.9. The highest BCUT2D eigenvalue weighted by Crippen LogP contribution is 2.25. The molecule has 21 heavy (non-hydrogen) atoms. The van der Waals surface area contributed by atoms with Crippen molar-refractivity contribution in [2.75, 3.05) is 6.54 Å². The minimum absolute atomic E-state index is 0.210. The van der Waals surface area contributed by atoms with E-state index < -0.39 is 11.9 Å². The van der Waals surface area contributed by atoms with Crippen LogP contribution in [0.15, 0.2) is 42.5 Å². The molecule has 108 valence electrons. The van der Waals surface area contributed by atoms with Crippen molar-refractivity contribution in [3.63, 3.8) is 0 Å². The number of aromatic carboxylic acids is 2. The van der Waals surface area contributed by atoms with Gasteiger partial charge in [-0.05, 0) is 53.9 Å². The zero-order chi connectivity index (χ0) is 15.4. The van der Waals surface area contributed by atoms with Gasteiger partial charge in [0.1, 0.15) is 0 Å². The number of carbonyl (C=O) groups is 2. The molecule has 0 bridgehead atoms. The Morgan fingerprint density at radius 1 is 0.905 bits per heavy atom. The lowest BCUT2D eigenvalue weighted by Gasteiger charge is -2.10. The van der Waals surface area contributed by atoms with Gasteiger partial charge in [0.05, 0.1) is 11.1 Å². The third-order valence-corrected chi connectivity index (χ3v) is 3.21. The lowest BCUT2D eigenvalue weighted by Crippen LogP contribution is -2.06. The molecule has 0 fully saturated rings. The molecule has 5 heteroatoms. The number of carboxylic acids is 2. The van der Waals surface area contributed by atoms with Crippen LogP contribution in [0.3, 0.4) is 0 Å². The van der Waals surface area contributed by atoms with Gasteiger partial charge in [-0.25, -0.2) is 9.59 Å². The van der Waals surface area contributed by atoms with Crippen LogP contribution in [0, 0.1) is 0 Å². The molecule has 5 nitrogen and oxygen atoms in total. The van der Waals surface area contributed by atoms with E-state index in [2.05, 4.69) is 0 Å². The van der Waals surface area contributed by atoms with Crippen molar-refractivity contribution < 1.29 is 19.8 Å². The van der Waals surface area contributed by atoms with E-state index in [9.17, 15) is 9.59 Å². The number of rotatable bonds is 5. The number of nitrogens with two attached hydrogens (primary N) is 1. The van der Waals surface area contributed by atoms with Crippen LogP contribution in [0.25, 0.3) is 11.1 Å². The number of benzene rings is 2. The smallest absolute Gasteiger partial charge is 0.335 e. The van der Waals surface area contributed by atoms with Crippen molar-refractivity contribution in [2.45, 2.75) is 6.42 Å². The molecular weight excluding hydrogens is 270 g/mol. The highest BCUT2D eigenvalue weighted by molar-refractivity contribution is 5.90. The summed E-state index contributed by atoms with van der Waals surface area (Å²) in [6.45, 7) is 0.406. The summed E-state index contributed by atoms with van der Waals surface area (Å²) in [6, 6.07) is 11.3. The average molecular weight is 285 g/mol. The van der Waals surface area contributed by atoms with Crippen LogP contribution in [0.2, 0.25) is 0 Å². The van der Waals surface area contributed by atoms with Crippen LogP contribution < -0.4 is 5.73 Å². The summed E-state index contributed by atoms with van der Waals surface area (Å²) < 4.78 is 0. The van der Waals surface area contributed by atoms with E-state index in [1.165, 1.54) is 18.2 Å². The third kappa shape index (κ3) is 3.27. The van der Waals surface area contributed by atoms with E-state index in [4.69, 9.17) is 15.9 Å².